The van der Waals surface area contributed by atoms with Crippen molar-refractivity contribution >= 4 is 26.0 Å². The molecule has 0 fully saturated rings. The van der Waals surface area contributed by atoms with Crippen LogP contribution in [-0.4, -0.2) is 20.8 Å². The van der Waals surface area contributed by atoms with Crippen LogP contribution in [0.5, 0.6) is 5.75 Å². The summed E-state index contributed by atoms with van der Waals surface area (Å²) in [4.78, 5) is 0. The van der Waals surface area contributed by atoms with Gasteiger partial charge in [0.1, 0.15) is 11.6 Å². The van der Waals surface area contributed by atoms with Crippen LogP contribution in [0.2, 0.25) is 0 Å². The molecule has 1 unspecified atom stereocenters. The summed E-state index contributed by atoms with van der Waals surface area (Å²) in [6.45, 7) is 2.34. The van der Waals surface area contributed by atoms with E-state index in [0.717, 1.165) is 0 Å². The number of benzene rings is 1. The molecule has 108 valence electrons. The monoisotopic (exact) mass is 353 g/mol. The summed E-state index contributed by atoms with van der Waals surface area (Å²) in [5.41, 5.74) is 0. The van der Waals surface area contributed by atoms with Crippen molar-refractivity contribution in [3.05, 3.63) is 28.5 Å². The summed E-state index contributed by atoms with van der Waals surface area (Å²) in [6.07, 6.45) is 1.18. The Bertz CT molecular complexity index is 522. The van der Waals surface area contributed by atoms with E-state index < -0.39 is 10.0 Å². The first-order chi connectivity index (χ1) is 8.78. The molecule has 0 bridgehead atoms. The Morgan fingerprint density at radius 1 is 1.42 bits per heavy atom. The molecule has 0 saturated carbocycles. The fraction of sp³-hybridized carbons (Fsp3) is 0.500. The molecule has 7 heteroatoms. The number of nitrogens with two attached hydrogens (primary N) is 1. The van der Waals surface area contributed by atoms with Crippen LogP contribution in [0.1, 0.15) is 19.8 Å². The Labute approximate surface area is 121 Å². The molecule has 0 aliphatic heterocycles. The van der Waals surface area contributed by atoms with Crippen molar-refractivity contribution < 1.29 is 17.5 Å². The minimum Gasteiger partial charge on any atom is -0.493 e. The van der Waals surface area contributed by atoms with E-state index in [9.17, 15) is 12.8 Å². The molecule has 0 aromatic heterocycles. The highest BCUT2D eigenvalue weighted by atomic mass is 79.9. The lowest BCUT2D eigenvalue weighted by molar-refractivity contribution is 0.280. The predicted octanol–water partition coefficient (Wildman–Crippen LogP) is 2.67. The highest BCUT2D eigenvalue weighted by molar-refractivity contribution is 9.10. The van der Waals surface area contributed by atoms with Crippen LogP contribution in [0.15, 0.2) is 22.7 Å². The maximum Gasteiger partial charge on any atom is 0.209 e. The van der Waals surface area contributed by atoms with Crippen molar-refractivity contribution in [2.24, 2.45) is 11.1 Å². The molecule has 1 rings (SSSR count). The summed E-state index contributed by atoms with van der Waals surface area (Å²) in [6, 6.07) is 4.55. The molecule has 0 aliphatic carbocycles. The number of hydrogen-bond donors (Lipinski definition) is 1. The lowest BCUT2D eigenvalue weighted by atomic mass is 10.1. The van der Waals surface area contributed by atoms with Crippen LogP contribution in [-0.2, 0) is 10.0 Å². The second-order valence-corrected chi connectivity index (χ2v) is 7.06. The molecular weight excluding hydrogens is 337 g/mol. The van der Waals surface area contributed by atoms with Gasteiger partial charge in [0.05, 0.1) is 16.8 Å². The number of primary sulfonamides is 1. The Kier molecular flexibility index (Phi) is 6.22. The first kappa shape index (κ1) is 16.4. The zero-order valence-corrected chi connectivity index (χ0v) is 13.0. The molecule has 19 heavy (non-hydrogen) atoms. The van der Waals surface area contributed by atoms with Crippen molar-refractivity contribution in [1.29, 1.82) is 0 Å². The summed E-state index contributed by atoms with van der Waals surface area (Å²) in [7, 11) is -3.40. The number of ether oxygens (including phenoxy) is 1. The van der Waals surface area contributed by atoms with Crippen LogP contribution in [0, 0.1) is 11.7 Å². The molecule has 0 amide bonds. The fourth-order valence-electron chi connectivity index (χ4n) is 1.45. The number of halogens is 2. The minimum absolute atomic E-state index is 0.0267. The average molecular weight is 354 g/mol. The lowest BCUT2D eigenvalue weighted by Gasteiger charge is -2.12. The molecular formula is C12H17BrFNO3S. The van der Waals surface area contributed by atoms with Crippen molar-refractivity contribution in [1.82, 2.24) is 0 Å². The van der Waals surface area contributed by atoms with Gasteiger partial charge in [-0.1, -0.05) is 6.92 Å². The molecule has 0 heterocycles. The quantitative estimate of drug-likeness (QED) is 0.819. The molecule has 2 N–H and O–H groups in total. The molecule has 0 aliphatic rings. The highest BCUT2D eigenvalue weighted by Gasteiger charge is 2.09. The number of sulfonamides is 1. The molecule has 1 aromatic rings. The van der Waals surface area contributed by atoms with Gasteiger partial charge in [-0.05, 0) is 46.8 Å². The summed E-state index contributed by atoms with van der Waals surface area (Å²) in [5.74, 6) is 0.235. The van der Waals surface area contributed by atoms with Gasteiger partial charge in [-0.2, -0.15) is 0 Å². The Morgan fingerprint density at radius 3 is 2.68 bits per heavy atom. The predicted molar refractivity (Wildman–Crippen MR) is 76.0 cm³/mol. The molecule has 4 nitrogen and oxygen atoms in total. The topological polar surface area (TPSA) is 69.4 Å². The zero-order valence-electron chi connectivity index (χ0n) is 10.6. The molecule has 0 saturated heterocycles. The third kappa shape index (κ3) is 6.89. The first-order valence-corrected chi connectivity index (χ1v) is 8.37. The van der Waals surface area contributed by atoms with Gasteiger partial charge in [-0.25, -0.2) is 17.9 Å². The largest absolute Gasteiger partial charge is 0.493 e. The standard InChI is InChI=1S/C12H17BrFNO3S/c1-9(5-7-19(15,16)17)4-6-18-10-2-3-11(13)12(14)8-10/h2-3,8-9H,4-7H2,1H3,(H2,15,16,17). The smallest absolute Gasteiger partial charge is 0.209 e. The van der Waals surface area contributed by atoms with E-state index in [4.69, 9.17) is 9.88 Å². The SMILES string of the molecule is CC(CCOc1ccc(Br)c(F)c1)CCS(N)(=O)=O. The normalized spacial score (nSPS) is 13.3. The maximum absolute atomic E-state index is 13.2. The van der Waals surface area contributed by atoms with Crippen LogP contribution < -0.4 is 9.88 Å². The van der Waals surface area contributed by atoms with Gasteiger partial charge >= 0.3 is 0 Å². The zero-order chi connectivity index (χ0) is 14.5. The third-order valence-electron chi connectivity index (χ3n) is 2.67. The van der Waals surface area contributed by atoms with Gasteiger partial charge in [-0.15, -0.1) is 0 Å². The van der Waals surface area contributed by atoms with Gasteiger partial charge in [0.15, 0.2) is 0 Å². The lowest BCUT2D eigenvalue weighted by Crippen LogP contribution is -2.18. The third-order valence-corrected chi connectivity index (χ3v) is 4.11. The second kappa shape index (κ2) is 7.21. The van der Waals surface area contributed by atoms with Crippen molar-refractivity contribution in [3.63, 3.8) is 0 Å². The van der Waals surface area contributed by atoms with Crippen LogP contribution in [0.4, 0.5) is 4.39 Å². The molecule has 1 atom stereocenters. The van der Waals surface area contributed by atoms with E-state index in [2.05, 4.69) is 15.9 Å². The van der Waals surface area contributed by atoms with Gasteiger partial charge in [0.25, 0.3) is 0 Å². The van der Waals surface area contributed by atoms with Crippen LogP contribution >= 0.6 is 15.9 Å². The average Bonchev–Trinajstić information content (AvgIpc) is 2.30. The maximum atomic E-state index is 13.2. The fourth-order valence-corrected chi connectivity index (χ4v) is 2.43. The second-order valence-electron chi connectivity index (χ2n) is 4.47. The van der Waals surface area contributed by atoms with Gasteiger partial charge in [-0.3, -0.25) is 0 Å². The van der Waals surface area contributed by atoms with Crippen molar-refractivity contribution in [2.75, 3.05) is 12.4 Å². The molecule has 0 radical (unpaired) electrons. The minimum atomic E-state index is -3.40. The van der Waals surface area contributed by atoms with Gasteiger partial charge < -0.3 is 4.74 Å². The summed E-state index contributed by atoms with van der Waals surface area (Å²) in [5, 5.41) is 4.93. The number of hydrogen-bond acceptors (Lipinski definition) is 3. The Morgan fingerprint density at radius 2 is 2.11 bits per heavy atom. The van der Waals surface area contributed by atoms with E-state index in [0.29, 0.717) is 29.7 Å². The van der Waals surface area contributed by atoms with Crippen LogP contribution in [0.3, 0.4) is 0 Å². The van der Waals surface area contributed by atoms with E-state index >= 15 is 0 Å². The van der Waals surface area contributed by atoms with E-state index in [1.807, 2.05) is 6.92 Å². The molecule has 1 aromatic carbocycles. The summed E-state index contributed by atoms with van der Waals surface area (Å²) < 4.78 is 40.6. The van der Waals surface area contributed by atoms with E-state index in [1.54, 1.807) is 12.1 Å². The number of rotatable bonds is 7. The molecule has 0 spiro atoms. The summed E-state index contributed by atoms with van der Waals surface area (Å²) >= 11 is 3.06. The van der Waals surface area contributed by atoms with Gasteiger partial charge in [0.2, 0.25) is 10.0 Å². The Balaban J connectivity index is 2.31. The van der Waals surface area contributed by atoms with Crippen molar-refractivity contribution in [3.8, 4) is 5.75 Å². The van der Waals surface area contributed by atoms with Crippen molar-refractivity contribution in [2.45, 2.75) is 19.8 Å². The highest BCUT2D eigenvalue weighted by Crippen LogP contribution is 2.21. The van der Waals surface area contributed by atoms with E-state index in [1.165, 1.54) is 6.07 Å². The van der Waals surface area contributed by atoms with Crippen LogP contribution in [0.25, 0.3) is 0 Å². The first-order valence-electron chi connectivity index (χ1n) is 5.86. The van der Waals surface area contributed by atoms with E-state index in [-0.39, 0.29) is 17.5 Å². The van der Waals surface area contributed by atoms with Gasteiger partial charge in [0, 0.05) is 6.07 Å². The Hall–Kier alpha value is -0.660.